The fourth-order valence-corrected chi connectivity index (χ4v) is 3.91. The van der Waals surface area contributed by atoms with Crippen molar-refractivity contribution < 1.29 is 18.7 Å². The van der Waals surface area contributed by atoms with Gasteiger partial charge in [0, 0.05) is 25.6 Å². The molecule has 4 heterocycles. The fraction of sp³-hybridized carbons (Fsp3) is 0.588. The lowest BCUT2D eigenvalue weighted by molar-refractivity contribution is -0.137. The van der Waals surface area contributed by atoms with Gasteiger partial charge in [0.05, 0.1) is 25.3 Å². The van der Waals surface area contributed by atoms with Gasteiger partial charge < -0.3 is 14.5 Å². The minimum atomic E-state index is -0.622. The Hall–Kier alpha value is -2.38. The highest BCUT2D eigenvalue weighted by Gasteiger charge is 2.62. The second-order valence-electron chi connectivity index (χ2n) is 7.27. The van der Waals surface area contributed by atoms with Crippen LogP contribution in [0, 0.1) is 11.7 Å². The number of aromatic nitrogens is 1. The molecule has 25 heavy (non-hydrogen) atoms. The zero-order valence-electron chi connectivity index (χ0n) is 14.3. The van der Waals surface area contributed by atoms with Crippen LogP contribution in [0.5, 0.6) is 0 Å². The van der Waals surface area contributed by atoms with Gasteiger partial charge in [-0.1, -0.05) is 13.8 Å². The molecule has 3 aliphatic rings. The number of carbonyl (C=O) groups excluding carboxylic acids is 2. The number of fused-ring (bicyclic) bond motifs is 2. The van der Waals surface area contributed by atoms with E-state index in [1.807, 2.05) is 23.6 Å². The number of hydrogen-bond donors (Lipinski definition) is 0. The van der Waals surface area contributed by atoms with Gasteiger partial charge in [-0.15, -0.1) is 0 Å². The van der Waals surface area contributed by atoms with Crippen molar-refractivity contribution >= 4 is 17.8 Å². The van der Waals surface area contributed by atoms with Crippen LogP contribution in [0.3, 0.4) is 0 Å². The van der Waals surface area contributed by atoms with Crippen LogP contribution < -0.4 is 4.90 Å². The van der Waals surface area contributed by atoms with Crippen molar-refractivity contribution in [2.75, 3.05) is 37.6 Å². The molecule has 2 amide bonds. The lowest BCUT2D eigenvalue weighted by Gasteiger charge is -2.51. The van der Waals surface area contributed by atoms with E-state index in [1.165, 1.54) is 12.3 Å². The minimum Gasteiger partial charge on any atom is -0.437 e. The molecule has 3 aliphatic heterocycles. The van der Waals surface area contributed by atoms with Gasteiger partial charge in [0.1, 0.15) is 11.6 Å². The third-order valence-electron chi connectivity index (χ3n) is 5.27. The highest BCUT2D eigenvalue weighted by molar-refractivity contribution is 5.79. The molecule has 1 atom stereocenters. The highest BCUT2D eigenvalue weighted by atomic mass is 19.1. The average Bonchev–Trinajstić information content (AvgIpc) is 2.86. The van der Waals surface area contributed by atoms with Gasteiger partial charge in [-0.3, -0.25) is 9.69 Å². The Morgan fingerprint density at radius 2 is 2.12 bits per heavy atom. The lowest BCUT2D eigenvalue weighted by Crippen LogP contribution is -2.71. The summed E-state index contributed by atoms with van der Waals surface area (Å²) in [4.78, 5) is 34.2. The number of pyridine rings is 1. The van der Waals surface area contributed by atoms with Crippen molar-refractivity contribution in [1.82, 2.24) is 14.8 Å². The summed E-state index contributed by atoms with van der Waals surface area (Å²) >= 11 is 0. The standard InChI is InChI=1S/C17H21FN4O3/c1-11(2)15(23)20-5-6-22-13(8-20)17(25-16(22)24)9-21(10-17)14-4-3-12(18)7-19-14/h3-4,7,11,13H,5-6,8-10H2,1-2H3. The molecular formula is C17H21FN4O3. The van der Waals surface area contributed by atoms with E-state index in [0.717, 1.165) is 0 Å². The topological polar surface area (TPSA) is 66.0 Å². The molecule has 0 aromatic carbocycles. The molecule has 0 radical (unpaired) electrons. The molecule has 0 bridgehead atoms. The largest absolute Gasteiger partial charge is 0.437 e. The van der Waals surface area contributed by atoms with Crippen LogP contribution in [0.2, 0.25) is 0 Å². The molecule has 1 unspecified atom stereocenters. The van der Waals surface area contributed by atoms with Crippen molar-refractivity contribution in [1.29, 1.82) is 0 Å². The summed E-state index contributed by atoms with van der Waals surface area (Å²) in [7, 11) is 0. The molecule has 0 aliphatic carbocycles. The van der Waals surface area contributed by atoms with Gasteiger partial charge in [0.2, 0.25) is 5.91 Å². The number of nitrogens with zero attached hydrogens (tertiary/aromatic N) is 4. The first-order valence-electron chi connectivity index (χ1n) is 8.54. The first kappa shape index (κ1) is 16.1. The van der Waals surface area contributed by atoms with Crippen molar-refractivity contribution in [3.05, 3.63) is 24.1 Å². The second-order valence-corrected chi connectivity index (χ2v) is 7.27. The van der Waals surface area contributed by atoms with Crippen molar-refractivity contribution in [3.63, 3.8) is 0 Å². The molecule has 3 fully saturated rings. The van der Waals surface area contributed by atoms with E-state index in [0.29, 0.717) is 38.5 Å². The molecule has 1 aromatic heterocycles. The van der Waals surface area contributed by atoms with Gasteiger partial charge in [0.25, 0.3) is 0 Å². The van der Waals surface area contributed by atoms with Crippen LogP contribution in [0.25, 0.3) is 0 Å². The normalized spacial score (nSPS) is 24.4. The molecular weight excluding hydrogens is 327 g/mol. The molecule has 1 aromatic rings. The maximum atomic E-state index is 13.0. The Morgan fingerprint density at radius 1 is 1.36 bits per heavy atom. The third kappa shape index (κ3) is 2.51. The van der Waals surface area contributed by atoms with Crippen molar-refractivity contribution in [3.8, 4) is 0 Å². The minimum absolute atomic E-state index is 0.0678. The van der Waals surface area contributed by atoms with E-state index in [9.17, 15) is 14.0 Å². The van der Waals surface area contributed by atoms with Crippen LogP contribution >= 0.6 is 0 Å². The van der Waals surface area contributed by atoms with Gasteiger partial charge in [0.15, 0.2) is 5.60 Å². The Labute approximate surface area is 145 Å². The molecule has 1 spiro atoms. The Balaban J connectivity index is 1.50. The summed E-state index contributed by atoms with van der Waals surface area (Å²) in [6.07, 6.45) is 0.866. The number of carbonyl (C=O) groups is 2. The Morgan fingerprint density at radius 3 is 2.76 bits per heavy atom. The van der Waals surface area contributed by atoms with Crippen LogP contribution in [-0.2, 0) is 9.53 Å². The van der Waals surface area contributed by atoms with Crippen molar-refractivity contribution in [2.45, 2.75) is 25.5 Å². The molecule has 8 heteroatoms. The average molecular weight is 348 g/mol. The van der Waals surface area contributed by atoms with E-state index in [2.05, 4.69) is 4.98 Å². The summed E-state index contributed by atoms with van der Waals surface area (Å²) in [6.45, 7) is 6.30. The zero-order valence-corrected chi connectivity index (χ0v) is 14.3. The molecule has 7 nitrogen and oxygen atoms in total. The quantitative estimate of drug-likeness (QED) is 0.801. The maximum Gasteiger partial charge on any atom is 0.411 e. The smallest absolute Gasteiger partial charge is 0.411 e. The molecule has 4 rings (SSSR count). The molecule has 3 saturated heterocycles. The van der Waals surface area contributed by atoms with E-state index in [4.69, 9.17) is 4.74 Å². The summed E-state index contributed by atoms with van der Waals surface area (Å²) in [6, 6.07) is 2.84. The monoisotopic (exact) mass is 348 g/mol. The van der Waals surface area contributed by atoms with Crippen LogP contribution in [0.4, 0.5) is 15.0 Å². The summed E-state index contributed by atoms with van der Waals surface area (Å²) < 4.78 is 18.7. The van der Waals surface area contributed by atoms with Crippen molar-refractivity contribution in [2.24, 2.45) is 5.92 Å². The molecule has 0 N–H and O–H groups in total. The lowest BCUT2D eigenvalue weighted by atomic mass is 9.84. The molecule has 134 valence electrons. The fourth-order valence-electron chi connectivity index (χ4n) is 3.91. The maximum absolute atomic E-state index is 13.0. The summed E-state index contributed by atoms with van der Waals surface area (Å²) in [5.74, 6) is 0.312. The third-order valence-corrected chi connectivity index (χ3v) is 5.27. The first-order chi connectivity index (χ1) is 11.9. The number of anilines is 1. The zero-order chi connectivity index (χ0) is 17.8. The van der Waals surface area contributed by atoms with Crippen LogP contribution in [0.1, 0.15) is 13.8 Å². The number of ether oxygens (including phenoxy) is 1. The second kappa shape index (κ2) is 5.57. The van der Waals surface area contributed by atoms with E-state index < -0.39 is 5.60 Å². The number of rotatable bonds is 2. The summed E-state index contributed by atoms with van der Waals surface area (Å²) in [5, 5.41) is 0. The number of halogens is 1. The van der Waals surface area contributed by atoms with E-state index >= 15 is 0 Å². The van der Waals surface area contributed by atoms with E-state index in [1.54, 1.807) is 11.0 Å². The summed E-state index contributed by atoms with van der Waals surface area (Å²) in [5.41, 5.74) is -0.622. The van der Waals surface area contributed by atoms with Crippen LogP contribution in [0.15, 0.2) is 18.3 Å². The predicted molar refractivity (Wildman–Crippen MR) is 87.5 cm³/mol. The van der Waals surface area contributed by atoms with Crippen LogP contribution in [-0.4, -0.2) is 71.2 Å². The number of piperazine rings is 1. The Bertz CT molecular complexity index is 702. The SMILES string of the molecule is CC(C)C(=O)N1CCN2C(=O)OC3(CN(c4ccc(F)cn4)C3)C2C1. The van der Waals surface area contributed by atoms with Gasteiger partial charge in [-0.2, -0.15) is 0 Å². The number of hydrogen-bond acceptors (Lipinski definition) is 5. The first-order valence-corrected chi connectivity index (χ1v) is 8.54. The number of amides is 2. The van der Waals surface area contributed by atoms with Gasteiger partial charge >= 0.3 is 6.09 Å². The predicted octanol–water partition coefficient (Wildman–Crippen LogP) is 1.10. The van der Waals surface area contributed by atoms with Gasteiger partial charge in [-0.05, 0) is 12.1 Å². The van der Waals surface area contributed by atoms with Gasteiger partial charge in [-0.25, -0.2) is 14.2 Å². The molecule has 0 saturated carbocycles. The highest BCUT2D eigenvalue weighted by Crippen LogP contribution is 2.41. The van der Waals surface area contributed by atoms with E-state index in [-0.39, 0.29) is 29.8 Å². The Kier molecular flexibility index (Phi) is 3.59.